The summed E-state index contributed by atoms with van der Waals surface area (Å²) in [7, 11) is 1.49. The molecule has 0 atom stereocenters. The molecule has 0 aromatic carbocycles. The van der Waals surface area contributed by atoms with Crippen molar-refractivity contribution in [2.24, 2.45) is 10.2 Å². The maximum Gasteiger partial charge on any atom is 0.195 e. The second-order valence-electron chi connectivity index (χ2n) is 0.715. The van der Waals surface area contributed by atoms with Crippen molar-refractivity contribution < 1.29 is 4.74 Å². The largest absolute Gasteiger partial charge is 0.485 e. The molecule has 0 aliphatic heterocycles. The van der Waals surface area contributed by atoms with Gasteiger partial charge < -0.3 is 4.74 Å². The zero-order valence-electron chi connectivity index (χ0n) is 4.09. The highest BCUT2D eigenvalue weighted by Crippen LogP contribution is 1.61. The van der Waals surface area contributed by atoms with Crippen LogP contribution >= 0.6 is 0 Å². The quantitative estimate of drug-likeness (QED) is 0.280. The molecule has 0 spiro atoms. The first-order chi connectivity index (χ1) is 3.41. The smallest absolute Gasteiger partial charge is 0.195 e. The Morgan fingerprint density at radius 3 is 3.00 bits per heavy atom. The van der Waals surface area contributed by atoms with Gasteiger partial charge in [0.15, 0.2) is 6.40 Å². The van der Waals surface area contributed by atoms with Gasteiger partial charge in [0.05, 0.1) is 7.11 Å². The molecule has 0 fully saturated rings. The standard InChI is InChI=1S/C4H6N2O/c1-3-5-6-4-7-2/h4H,1H2,2H3/b6-4-. The summed E-state index contributed by atoms with van der Waals surface area (Å²) in [6, 6.07) is 0. The van der Waals surface area contributed by atoms with Gasteiger partial charge in [-0.15, -0.1) is 10.2 Å². The molecule has 0 aromatic heterocycles. The SMILES string of the molecule is C=C=N/N=C\OC. The minimum Gasteiger partial charge on any atom is -0.485 e. The van der Waals surface area contributed by atoms with E-state index in [1.165, 1.54) is 13.5 Å². The summed E-state index contributed by atoms with van der Waals surface area (Å²) in [5.41, 5.74) is 0. The first kappa shape index (κ1) is 5.92. The van der Waals surface area contributed by atoms with Crippen LogP contribution in [-0.2, 0) is 4.74 Å². The van der Waals surface area contributed by atoms with E-state index in [0.717, 1.165) is 0 Å². The molecule has 0 bridgehead atoms. The Balaban J connectivity index is 3.27. The Bertz CT molecular complexity index is 102. The third-order valence-electron chi connectivity index (χ3n) is 0.281. The van der Waals surface area contributed by atoms with Gasteiger partial charge in [0.25, 0.3) is 0 Å². The fraction of sp³-hybridized carbons (Fsp3) is 0.250. The van der Waals surface area contributed by atoms with Crippen molar-refractivity contribution in [2.75, 3.05) is 7.11 Å². The van der Waals surface area contributed by atoms with Crippen molar-refractivity contribution in [1.82, 2.24) is 0 Å². The third kappa shape index (κ3) is 4.92. The van der Waals surface area contributed by atoms with E-state index in [-0.39, 0.29) is 0 Å². The molecule has 0 N–H and O–H groups in total. The summed E-state index contributed by atoms with van der Waals surface area (Å²) in [6.45, 7) is 3.17. The number of hydrogen-bond acceptors (Lipinski definition) is 3. The van der Waals surface area contributed by atoms with Crippen LogP contribution in [0.1, 0.15) is 0 Å². The second-order valence-corrected chi connectivity index (χ2v) is 0.715. The van der Waals surface area contributed by atoms with Crippen molar-refractivity contribution in [3.8, 4) is 0 Å². The van der Waals surface area contributed by atoms with Crippen LogP contribution in [0.2, 0.25) is 0 Å². The lowest BCUT2D eigenvalue weighted by atomic mass is 11.2. The van der Waals surface area contributed by atoms with E-state index in [2.05, 4.69) is 27.4 Å². The molecule has 0 radical (unpaired) electrons. The molecule has 0 saturated carbocycles. The van der Waals surface area contributed by atoms with E-state index >= 15 is 0 Å². The Hall–Kier alpha value is -1.08. The van der Waals surface area contributed by atoms with Gasteiger partial charge in [0.1, 0.15) is 0 Å². The molecule has 0 aromatic rings. The van der Waals surface area contributed by atoms with Crippen LogP contribution in [-0.4, -0.2) is 19.4 Å². The van der Waals surface area contributed by atoms with Gasteiger partial charge in [-0.25, -0.2) is 0 Å². The molecule has 3 nitrogen and oxygen atoms in total. The lowest BCUT2D eigenvalue weighted by Gasteiger charge is -1.75. The van der Waals surface area contributed by atoms with Gasteiger partial charge >= 0.3 is 0 Å². The highest BCUT2D eigenvalue weighted by Gasteiger charge is 1.54. The van der Waals surface area contributed by atoms with E-state index in [1.807, 2.05) is 0 Å². The molecule has 3 heteroatoms. The molecular weight excluding hydrogens is 92.1 g/mol. The van der Waals surface area contributed by atoms with Crippen LogP contribution in [0.15, 0.2) is 16.8 Å². The van der Waals surface area contributed by atoms with Crippen molar-refractivity contribution in [3.63, 3.8) is 0 Å². The van der Waals surface area contributed by atoms with Crippen molar-refractivity contribution in [2.45, 2.75) is 0 Å². The van der Waals surface area contributed by atoms with Gasteiger partial charge in [-0.3, -0.25) is 0 Å². The normalized spacial score (nSPS) is 8.14. The van der Waals surface area contributed by atoms with Gasteiger partial charge in [-0.2, -0.15) is 0 Å². The predicted molar refractivity (Wildman–Crippen MR) is 28.6 cm³/mol. The van der Waals surface area contributed by atoms with Crippen LogP contribution in [0.25, 0.3) is 0 Å². The third-order valence-corrected chi connectivity index (χ3v) is 0.281. The van der Waals surface area contributed by atoms with E-state index < -0.39 is 0 Å². The maximum absolute atomic E-state index is 4.39. The van der Waals surface area contributed by atoms with Crippen molar-refractivity contribution in [1.29, 1.82) is 0 Å². The monoisotopic (exact) mass is 98.0 g/mol. The molecule has 0 rings (SSSR count). The molecule has 38 valence electrons. The molecular formula is C4H6N2O. The minimum atomic E-state index is 1.19. The average Bonchev–Trinajstić information content (AvgIpc) is 1.69. The minimum absolute atomic E-state index is 1.19. The maximum atomic E-state index is 4.39. The van der Waals surface area contributed by atoms with Crippen LogP contribution in [0, 0.1) is 0 Å². The van der Waals surface area contributed by atoms with Crippen LogP contribution in [0.3, 0.4) is 0 Å². The summed E-state index contributed by atoms with van der Waals surface area (Å²) >= 11 is 0. The van der Waals surface area contributed by atoms with Gasteiger partial charge in [-0.05, 0) is 6.58 Å². The zero-order valence-corrected chi connectivity index (χ0v) is 4.09. The number of ether oxygens (including phenoxy) is 1. The fourth-order valence-corrected chi connectivity index (χ4v) is 0.112. The molecule has 0 unspecified atom stereocenters. The second kappa shape index (κ2) is 4.92. The van der Waals surface area contributed by atoms with E-state index in [4.69, 9.17) is 0 Å². The molecule has 0 heterocycles. The summed E-state index contributed by atoms with van der Waals surface area (Å²) in [4.78, 5) is 0. The topological polar surface area (TPSA) is 34.0 Å². The van der Waals surface area contributed by atoms with Crippen LogP contribution in [0.4, 0.5) is 0 Å². The Labute approximate surface area is 42.0 Å². The summed E-state index contributed by atoms with van der Waals surface area (Å²) in [5.74, 6) is 2.20. The molecule has 0 saturated heterocycles. The van der Waals surface area contributed by atoms with Crippen LogP contribution in [0.5, 0.6) is 0 Å². The van der Waals surface area contributed by atoms with Gasteiger partial charge in [0.2, 0.25) is 0 Å². The lowest BCUT2D eigenvalue weighted by molar-refractivity contribution is 0.421. The first-order valence-corrected chi connectivity index (χ1v) is 1.68. The number of methoxy groups -OCH3 is 1. The van der Waals surface area contributed by atoms with Crippen LogP contribution < -0.4 is 0 Å². The highest BCUT2D eigenvalue weighted by atomic mass is 16.5. The molecule has 0 aliphatic carbocycles. The molecule has 7 heavy (non-hydrogen) atoms. The summed E-state index contributed by atoms with van der Waals surface area (Å²) in [5, 5.41) is 6.56. The fourth-order valence-electron chi connectivity index (χ4n) is 0.112. The van der Waals surface area contributed by atoms with E-state index in [0.29, 0.717) is 0 Å². The Kier molecular flexibility index (Phi) is 4.16. The predicted octanol–water partition coefficient (Wildman–Crippen LogP) is 0.432. The zero-order chi connectivity index (χ0) is 5.54. The Morgan fingerprint density at radius 2 is 2.57 bits per heavy atom. The average molecular weight is 98.1 g/mol. The lowest BCUT2D eigenvalue weighted by Crippen LogP contribution is -1.71. The first-order valence-electron chi connectivity index (χ1n) is 1.68. The number of hydrogen-bond donors (Lipinski definition) is 0. The highest BCUT2D eigenvalue weighted by molar-refractivity contribution is 5.50. The van der Waals surface area contributed by atoms with Crippen molar-refractivity contribution in [3.05, 3.63) is 6.58 Å². The van der Waals surface area contributed by atoms with Crippen molar-refractivity contribution >= 4 is 12.3 Å². The van der Waals surface area contributed by atoms with Gasteiger partial charge in [0, 0.05) is 5.87 Å². The summed E-state index contributed by atoms with van der Waals surface area (Å²) < 4.78 is 4.39. The van der Waals surface area contributed by atoms with E-state index in [9.17, 15) is 0 Å². The van der Waals surface area contributed by atoms with Gasteiger partial charge in [-0.1, -0.05) is 0 Å². The Morgan fingerprint density at radius 1 is 1.86 bits per heavy atom. The van der Waals surface area contributed by atoms with E-state index in [1.54, 1.807) is 0 Å². The number of nitrogens with zero attached hydrogens (tertiary/aromatic N) is 2. The molecule has 0 aliphatic rings. The summed E-state index contributed by atoms with van der Waals surface area (Å²) in [6.07, 6.45) is 1.19. The molecule has 0 amide bonds. The number of rotatable bonds is 2.